The van der Waals surface area contributed by atoms with Gasteiger partial charge in [-0.05, 0) is 25.7 Å². The van der Waals surface area contributed by atoms with Crippen molar-refractivity contribution in [1.82, 2.24) is 0 Å². The van der Waals surface area contributed by atoms with Crippen LogP contribution in [0.5, 0.6) is 5.75 Å². The average molecular weight is 355 g/mol. The number of hydrogen-bond donors (Lipinski definition) is 0. The summed E-state index contributed by atoms with van der Waals surface area (Å²) in [6.45, 7) is 0. The van der Waals surface area contributed by atoms with Crippen molar-refractivity contribution in [1.29, 1.82) is 0 Å². The molecular weight excluding hydrogens is 341 g/mol. The van der Waals surface area contributed by atoms with Crippen molar-refractivity contribution in [2.45, 2.75) is 38.2 Å². The van der Waals surface area contributed by atoms with Crippen LogP contribution in [0, 0.1) is 6.07 Å². The second-order valence-electron chi connectivity index (χ2n) is 3.75. The van der Waals surface area contributed by atoms with Crippen LogP contribution in [-0.2, 0) is 16.3 Å². The maximum atomic E-state index is 5.80. The molecule has 1 aromatic carbocycles. The van der Waals surface area contributed by atoms with E-state index in [0.29, 0.717) is 11.1 Å². The van der Waals surface area contributed by atoms with Crippen molar-refractivity contribution >= 4 is 25.2 Å². The molecule has 2 rings (SSSR count). The average Bonchev–Trinajstić information content (AvgIpc) is 2.36. The quantitative estimate of drug-likeness (QED) is 0.552. The second-order valence-corrected chi connectivity index (χ2v) is 4.19. The number of hydrogen-bond acceptors (Lipinski definition) is 1. The first-order valence-corrected chi connectivity index (χ1v) is 12.8. The molecule has 16 heavy (non-hydrogen) atoms. The summed E-state index contributed by atoms with van der Waals surface area (Å²) in [5, 5.41) is 0.709. The Morgan fingerprint density at radius 3 is 2.50 bits per heavy atom. The standard InChI is InChI=1S/C12H14ClO.BrH.Zn/c13-10-6-8-12(9-7-10)14-11-4-2-1-3-5-11;;/h6-8,11H,1-5H2;1H;/q-1;;+2/p-1. The molecule has 1 aliphatic rings. The minimum absolute atomic E-state index is 0.390. The molecule has 1 aliphatic carbocycles. The summed E-state index contributed by atoms with van der Waals surface area (Å²) < 4.78 is 5.80. The first kappa shape index (κ1) is 14.5. The molecule has 0 spiro atoms. The molecule has 0 heterocycles. The summed E-state index contributed by atoms with van der Waals surface area (Å²) in [7, 11) is 0. The normalized spacial score (nSPS) is 16.2. The Labute approximate surface area is 119 Å². The Balaban J connectivity index is 0.000000606. The van der Waals surface area contributed by atoms with Crippen molar-refractivity contribution < 1.29 is 21.1 Å². The topological polar surface area (TPSA) is 9.23 Å². The van der Waals surface area contributed by atoms with Crippen molar-refractivity contribution in [3.8, 4) is 5.75 Å². The van der Waals surface area contributed by atoms with Gasteiger partial charge in [-0.25, -0.2) is 0 Å². The predicted molar refractivity (Wildman–Crippen MR) is 66.7 cm³/mol. The molecule has 84 valence electrons. The molecule has 0 aliphatic heterocycles. The van der Waals surface area contributed by atoms with Crippen LogP contribution >= 0.6 is 25.2 Å². The van der Waals surface area contributed by atoms with Crippen molar-refractivity contribution in [2.24, 2.45) is 0 Å². The van der Waals surface area contributed by atoms with Gasteiger partial charge >= 0.3 is 30.0 Å². The minimum atomic E-state index is 0.390. The summed E-state index contributed by atoms with van der Waals surface area (Å²) in [6, 6.07) is 8.51. The van der Waals surface area contributed by atoms with Crippen LogP contribution in [0.3, 0.4) is 0 Å². The molecule has 0 unspecified atom stereocenters. The molecule has 0 radical (unpaired) electrons. The van der Waals surface area contributed by atoms with E-state index in [-0.39, 0.29) is 0 Å². The van der Waals surface area contributed by atoms with E-state index in [1.807, 2.05) is 12.1 Å². The Morgan fingerprint density at radius 2 is 1.94 bits per heavy atom. The van der Waals surface area contributed by atoms with E-state index in [1.54, 1.807) is 6.07 Å². The van der Waals surface area contributed by atoms with E-state index in [1.165, 1.54) is 48.4 Å². The molecule has 0 saturated heterocycles. The van der Waals surface area contributed by atoms with Gasteiger partial charge in [0.15, 0.2) is 0 Å². The molecular formula is C12H14BrClOZn. The van der Waals surface area contributed by atoms with Crippen LogP contribution in [0.25, 0.3) is 0 Å². The zero-order valence-electron chi connectivity index (χ0n) is 9.22. The van der Waals surface area contributed by atoms with E-state index < -0.39 is 0 Å². The third kappa shape index (κ3) is 5.16. The Morgan fingerprint density at radius 1 is 1.25 bits per heavy atom. The van der Waals surface area contributed by atoms with Crippen LogP contribution in [0.1, 0.15) is 32.1 Å². The van der Waals surface area contributed by atoms with Gasteiger partial charge in [0, 0.05) is 5.75 Å². The van der Waals surface area contributed by atoms with Crippen molar-refractivity contribution in [3.05, 3.63) is 29.3 Å². The van der Waals surface area contributed by atoms with Gasteiger partial charge in [-0.15, -0.1) is 12.1 Å². The summed E-state index contributed by atoms with van der Waals surface area (Å²) in [5.74, 6) is 0.821. The van der Waals surface area contributed by atoms with E-state index in [0.717, 1.165) is 5.75 Å². The monoisotopic (exact) mass is 352 g/mol. The fourth-order valence-electron chi connectivity index (χ4n) is 1.83. The van der Waals surface area contributed by atoms with Gasteiger partial charge in [-0.1, -0.05) is 11.4 Å². The molecule has 1 nitrogen and oxygen atoms in total. The molecule has 1 fully saturated rings. The van der Waals surface area contributed by atoms with E-state index in [9.17, 15) is 0 Å². The molecule has 0 atom stereocenters. The number of benzene rings is 1. The van der Waals surface area contributed by atoms with E-state index >= 15 is 0 Å². The third-order valence-corrected chi connectivity index (χ3v) is 2.83. The molecule has 0 N–H and O–H groups in total. The fraction of sp³-hybridized carbons (Fsp3) is 0.500. The van der Waals surface area contributed by atoms with Gasteiger partial charge in [0.25, 0.3) is 0 Å². The van der Waals surface area contributed by atoms with Gasteiger partial charge in [-0.3, -0.25) is 0 Å². The second kappa shape index (κ2) is 8.50. The van der Waals surface area contributed by atoms with Crippen LogP contribution in [0.15, 0.2) is 18.2 Å². The summed E-state index contributed by atoms with van der Waals surface area (Å²) >= 11 is 10.0. The fourth-order valence-corrected chi connectivity index (χ4v) is 1.94. The number of ether oxygens (including phenoxy) is 1. The first-order chi connectivity index (χ1) is 7.84. The SMILES string of the molecule is Clc1c[c-]c(OC2CCCCC2)cc1.[Zn+][Br]. The molecule has 0 bridgehead atoms. The molecule has 1 aromatic rings. The molecule has 0 amide bonds. The van der Waals surface area contributed by atoms with Gasteiger partial charge in [-0.2, -0.15) is 23.7 Å². The molecule has 0 aromatic heterocycles. The zero-order chi connectivity index (χ0) is 11.8. The van der Waals surface area contributed by atoms with Gasteiger partial charge in [0.1, 0.15) is 0 Å². The summed E-state index contributed by atoms with van der Waals surface area (Å²) in [6.07, 6.45) is 6.68. The van der Waals surface area contributed by atoms with E-state index in [4.69, 9.17) is 16.3 Å². The van der Waals surface area contributed by atoms with Crippen molar-refractivity contribution in [2.75, 3.05) is 0 Å². The Hall–Kier alpha value is 0.413. The van der Waals surface area contributed by atoms with Crippen LogP contribution in [0.2, 0.25) is 5.02 Å². The predicted octanol–water partition coefficient (Wildman–Crippen LogP) is 4.69. The molecule has 1 saturated carbocycles. The van der Waals surface area contributed by atoms with Crippen LogP contribution in [-0.4, -0.2) is 6.10 Å². The number of rotatable bonds is 2. The van der Waals surface area contributed by atoms with E-state index in [2.05, 4.69) is 19.7 Å². The van der Waals surface area contributed by atoms with Crippen LogP contribution < -0.4 is 4.74 Å². The zero-order valence-corrected chi connectivity index (χ0v) is 14.5. The summed E-state index contributed by atoms with van der Waals surface area (Å²) in [4.78, 5) is 0. The Bertz CT molecular complexity index is 286. The Kier molecular flexibility index (Phi) is 7.69. The van der Waals surface area contributed by atoms with Crippen LogP contribution in [0.4, 0.5) is 0 Å². The molecule has 4 heteroatoms. The van der Waals surface area contributed by atoms with Gasteiger partial charge in [0.05, 0.1) is 6.10 Å². The maximum absolute atomic E-state index is 5.80. The number of halogens is 2. The third-order valence-electron chi connectivity index (χ3n) is 2.59. The van der Waals surface area contributed by atoms with Gasteiger partial charge in [0.2, 0.25) is 0 Å². The van der Waals surface area contributed by atoms with Crippen molar-refractivity contribution in [3.63, 3.8) is 0 Å². The summed E-state index contributed by atoms with van der Waals surface area (Å²) in [5.41, 5.74) is 0. The van der Waals surface area contributed by atoms with Gasteiger partial charge < -0.3 is 4.74 Å². The first-order valence-electron chi connectivity index (χ1n) is 5.45.